The van der Waals surface area contributed by atoms with Gasteiger partial charge < -0.3 is 5.32 Å². The second-order valence-corrected chi connectivity index (χ2v) is 9.79. The molecule has 2 heterocycles. The fraction of sp³-hybridized carbons (Fsp3) is 0.529. The molecule has 23 heavy (non-hydrogen) atoms. The van der Waals surface area contributed by atoms with E-state index in [1.807, 2.05) is 11.4 Å². The number of thiazole rings is 1. The summed E-state index contributed by atoms with van der Waals surface area (Å²) in [5.41, 5.74) is -0.496. The summed E-state index contributed by atoms with van der Waals surface area (Å²) < 4.78 is 1.07. The molecule has 1 amide bonds. The van der Waals surface area contributed by atoms with Gasteiger partial charge in [0.15, 0.2) is 5.13 Å². The topological polar surface area (TPSA) is 42.0 Å². The molecule has 0 bridgehead atoms. The fourth-order valence-electron chi connectivity index (χ4n) is 3.40. The molecule has 0 spiro atoms. The lowest BCUT2D eigenvalue weighted by molar-refractivity contribution is -0.121. The Kier molecular flexibility index (Phi) is 5.54. The molecule has 1 aliphatic carbocycles. The van der Waals surface area contributed by atoms with Gasteiger partial charge in [-0.2, -0.15) is 0 Å². The average Bonchev–Trinajstić information content (AvgIpc) is 3.20. The quantitative estimate of drug-likeness (QED) is 0.670. The van der Waals surface area contributed by atoms with E-state index in [1.165, 1.54) is 43.4 Å². The zero-order valence-corrected chi connectivity index (χ0v) is 16.4. The fourth-order valence-corrected chi connectivity index (χ4v) is 5.47. The molecule has 0 saturated heterocycles. The normalized spacial score (nSPS) is 18.5. The minimum atomic E-state index is -0.496. The lowest BCUT2D eigenvalue weighted by atomic mass is 9.74. The highest BCUT2D eigenvalue weighted by Gasteiger charge is 2.39. The molecular weight excluding hydrogens is 392 g/mol. The van der Waals surface area contributed by atoms with Gasteiger partial charge in [0.25, 0.3) is 0 Å². The highest BCUT2D eigenvalue weighted by Crippen LogP contribution is 2.41. The summed E-state index contributed by atoms with van der Waals surface area (Å²) in [6.45, 7) is 2.09. The van der Waals surface area contributed by atoms with E-state index in [4.69, 9.17) is 0 Å². The molecule has 1 fully saturated rings. The molecule has 0 aromatic carbocycles. The molecule has 1 aliphatic rings. The third-order valence-corrected chi connectivity index (χ3v) is 7.27. The van der Waals surface area contributed by atoms with E-state index in [0.29, 0.717) is 11.0 Å². The maximum atomic E-state index is 13.1. The molecule has 2 aromatic rings. The number of amides is 1. The van der Waals surface area contributed by atoms with E-state index < -0.39 is 5.41 Å². The van der Waals surface area contributed by atoms with Crippen LogP contribution >= 0.6 is 38.6 Å². The van der Waals surface area contributed by atoms with E-state index in [9.17, 15) is 4.79 Å². The summed E-state index contributed by atoms with van der Waals surface area (Å²) in [6, 6.07) is 4.12. The van der Waals surface area contributed by atoms with Crippen LogP contribution in [-0.2, 0) is 10.2 Å². The van der Waals surface area contributed by atoms with Crippen LogP contribution in [0, 0.1) is 5.92 Å². The standard InChI is InChI=1S/C17H21BrN2OS2/c1-17(13-7-8-14(18)23-13,11-12-5-3-2-4-6-12)15(21)20-16-19-9-10-22-16/h7-10,12H,2-6,11H2,1H3,(H,19,20,21)/t17-/m0/s1. The van der Waals surface area contributed by atoms with Crippen LogP contribution in [0.3, 0.4) is 0 Å². The van der Waals surface area contributed by atoms with Crippen LogP contribution in [0.5, 0.6) is 0 Å². The van der Waals surface area contributed by atoms with Gasteiger partial charge in [0.05, 0.1) is 9.20 Å². The number of hydrogen-bond donors (Lipinski definition) is 1. The van der Waals surface area contributed by atoms with E-state index in [2.05, 4.69) is 39.2 Å². The van der Waals surface area contributed by atoms with Crippen LogP contribution < -0.4 is 5.32 Å². The molecule has 3 nitrogen and oxygen atoms in total. The number of nitrogens with zero attached hydrogens (tertiary/aromatic N) is 1. The SMILES string of the molecule is C[C@@](CC1CCCCC1)(C(=O)Nc1nccs1)c1ccc(Br)s1. The van der Waals surface area contributed by atoms with Crippen molar-refractivity contribution in [3.8, 4) is 0 Å². The van der Waals surface area contributed by atoms with Crippen LogP contribution in [0.4, 0.5) is 5.13 Å². The Bertz CT molecular complexity index is 649. The molecular formula is C17H21BrN2OS2. The number of hydrogen-bond acceptors (Lipinski definition) is 4. The first kappa shape index (κ1) is 17.1. The van der Waals surface area contributed by atoms with E-state index in [1.54, 1.807) is 17.5 Å². The smallest absolute Gasteiger partial charge is 0.237 e. The molecule has 124 valence electrons. The van der Waals surface area contributed by atoms with E-state index in [0.717, 1.165) is 15.1 Å². The van der Waals surface area contributed by atoms with Crippen molar-refractivity contribution in [1.29, 1.82) is 0 Å². The molecule has 0 radical (unpaired) electrons. The van der Waals surface area contributed by atoms with Gasteiger partial charge in [0.2, 0.25) is 5.91 Å². The van der Waals surface area contributed by atoms with Crippen LogP contribution in [-0.4, -0.2) is 10.9 Å². The molecule has 6 heteroatoms. The number of rotatable bonds is 5. The molecule has 2 aromatic heterocycles. The number of thiophene rings is 1. The molecule has 3 rings (SSSR count). The molecule has 0 unspecified atom stereocenters. The number of anilines is 1. The van der Waals surface area contributed by atoms with Crippen molar-refractivity contribution in [2.45, 2.75) is 50.9 Å². The largest absolute Gasteiger partial charge is 0.301 e. The number of carbonyl (C=O) groups is 1. The Balaban J connectivity index is 1.84. The zero-order valence-electron chi connectivity index (χ0n) is 13.2. The van der Waals surface area contributed by atoms with Gasteiger partial charge in [-0.3, -0.25) is 4.79 Å². The number of nitrogens with one attached hydrogen (secondary N) is 1. The maximum absolute atomic E-state index is 13.1. The number of halogens is 1. The van der Waals surface area contributed by atoms with Crippen LogP contribution in [0.2, 0.25) is 0 Å². The van der Waals surface area contributed by atoms with Gasteiger partial charge in [-0.1, -0.05) is 32.1 Å². The van der Waals surface area contributed by atoms with Crippen LogP contribution in [0.25, 0.3) is 0 Å². The van der Waals surface area contributed by atoms with Gasteiger partial charge in [-0.05, 0) is 47.3 Å². The summed E-state index contributed by atoms with van der Waals surface area (Å²) in [7, 11) is 0. The summed E-state index contributed by atoms with van der Waals surface area (Å²) in [4.78, 5) is 18.4. The summed E-state index contributed by atoms with van der Waals surface area (Å²) in [6.07, 6.45) is 9.05. The van der Waals surface area contributed by atoms with Gasteiger partial charge in [-0.15, -0.1) is 22.7 Å². The summed E-state index contributed by atoms with van der Waals surface area (Å²) in [5.74, 6) is 0.698. The summed E-state index contributed by atoms with van der Waals surface area (Å²) >= 11 is 6.66. The molecule has 1 atom stereocenters. The maximum Gasteiger partial charge on any atom is 0.237 e. The third kappa shape index (κ3) is 4.03. The first-order chi connectivity index (χ1) is 11.1. The van der Waals surface area contributed by atoms with Crippen molar-refractivity contribution in [3.63, 3.8) is 0 Å². The van der Waals surface area contributed by atoms with E-state index >= 15 is 0 Å². The first-order valence-electron chi connectivity index (χ1n) is 8.05. The molecule has 1 N–H and O–H groups in total. The monoisotopic (exact) mass is 412 g/mol. The second-order valence-electron chi connectivity index (χ2n) is 6.44. The van der Waals surface area contributed by atoms with Crippen LogP contribution in [0.15, 0.2) is 27.5 Å². The van der Waals surface area contributed by atoms with Gasteiger partial charge in [0.1, 0.15) is 0 Å². The predicted octanol–water partition coefficient (Wildman–Crippen LogP) is 5.83. The van der Waals surface area contributed by atoms with E-state index in [-0.39, 0.29) is 5.91 Å². The molecule has 1 saturated carbocycles. The Morgan fingerprint density at radius 1 is 1.39 bits per heavy atom. The highest BCUT2D eigenvalue weighted by atomic mass is 79.9. The van der Waals surface area contributed by atoms with Crippen molar-refractivity contribution in [2.24, 2.45) is 5.92 Å². The van der Waals surface area contributed by atoms with Gasteiger partial charge in [-0.25, -0.2) is 4.98 Å². The molecule has 0 aliphatic heterocycles. The Morgan fingerprint density at radius 3 is 2.78 bits per heavy atom. The highest BCUT2D eigenvalue weighted by molar-refractivity contribution is 9.11. The predicted molar refractivity (Wildman–Crippen MR) is 101 cm³/mol. The lowest BCUT2D eigenvalue weighted by Crippen LogP contribution is -2.39. The van der Waals surface area contributed by atoms with Gasteiger partial charge in [0, 0.05) is 16.5 Å². The Morgan fingerprint density at radius 2 is 2.17 bits per heavy atom. The average molecular weight is 413 g/mol. The lowest BCUT2D eigenvalue weighted by Gasteiger charge is -2.33. The minimum absolute atomic E-state index is 0.0624. The second kappa shape index (κ2) is 7.45. The number of carbonyl (C=O) groups excluding carboxylic acids is 1. The van der Waals surface area contributed by atoms with Crippen molar-refractivity contribution >= 4 is 49.6 Å². The zero-order chi connectivity index (χ0) is 16.3. The summed E-state index contributed by atoms with van der Waals surface area (Å²) in [5, 5.41) is 5.59. The van der Waals surface area contributed by atoms with Gasteiger partial charge >= 0.3 is 0 Å². The van der Waals surface area contributed by atoms with Crippen molar-refractivity contribution in [1.82, 2.24) is 4.98 Å². The van der Waals surface area contributed by atoms with Crippen molar-refractivity contribution in [3.05, 3.63) is 32.4 Å². The number of aromatic nitrogens is 1. The van der Waals surface area contributed by atoms with Crippen LogP contribution in [0.1, 0.15) is 50.3 Å². The van der Waals surface area contributed by atoms with Crippen molar-refractivity contribution in [2.75, 3.05) is 5.32 Å². The third-order valence-electron chi connectivity index (χ3n) is 4.69. The Hall–Kier alpha value is -0.720. The first-order valence-corrected chi connectivity index (χ1v) is 10.5. The minimum Gasteiger partial charge on any atom is -0.301 e. The Labute approximate surface area is 153 Å². The van der Waals surface area contributed by atoms with Crippen molar-refractivity contribution < 1.29 is 4.79 Å².